The van der Waals surface area contributed by atoms with Gasteiger partial charge in [0.15, 0.2) is 5.78 Å². The summed E-state index contributed by atoms with van der Waals surface area (Å²) in [7, 11) is 0. The van der Waals surface area contributed by atoms with Crippen molar-refractivity contribution < 1.29 is 26.7 Å². The fraction of sp³-hybridized carbons (Fsp3) is 0.0870. The van der Waals surface area contributed by atoms with Crippen LogP contribution in [0.4, 0.5) is 22.0 Å². The van der Waals surface area contributed by atoms with Crippen molar-refractivity contribution in [3.8, 4) is 0 Å². The van der Waals surface area contributed by atoms with Crippen molar-refractivity contribution >= 4 is 39.6 Å². The molecule has 31 heavy (non-hydrogen) atoms. The molecule has 0 amide bonds. The van der Waals surface area contributed by atoms with Crippen LogP contribution in [0.5, 0.6) is 0 Å². The van der Waals surface area contributed by atoms with E-state index in [1.54, 1.807) is 24.3 Å². The van der Waals surface area contributed by atoms with Gasteiger partial charge in [-0.1, -0.05) is 34.1 Å². The Bertz CT molecular complexity index is 1110. The molecule has 0 aliphatic carbocycles. The van der Waals surface area contributed by atoms with Gasteiger partial charge in [0, 0.05) is 15.8 Å². The van der Waals surface area contributed by atoms with Crippen LogP contribution < -0.4 is 0 Å². The van der Waals surface area contributed by atoms with E-state index in [2.05, 4.69) is 15.9 Å². The molecule has 0 saturated heterocycles. The molecule has 0 spiro atoms. The Morgan fingerprint density at radius 3 is 2.13 bits per heavy atom. The average molecular weight is 513 g/mol. The SMILES string of the molecule is O=C(/C(=C\c1ccc(F)cc1C(F)(F)F)SCc1ccc(F)cc1)c1ccc(Br)cc1. The lowest BCUT2D eigenvalue weighted by Crippen LogP contribution is -2.09. The van der Waals surface area contributed by atoms with Gasteiger partial charge < -0.3 is 0 Å². The third kappa shape index (κ3) is 6.27. The molecule has 3 aromatic rings. The van der Waals surface area contributed by atoms with Gasteiger partial charge in [-0.25, -0.2) is 8.78 Å². The first kappa shape index (κ1) is 23.2. The quantitative estimate of drug-likeness (QED) is 0.189. The minimum atomic E-state index is -4.79. The van der Waals surface area contributed by atoms with Gasteiger partial charge >= 0.3 is 6.18 Å². The number of carbonyl (C=O) groups excluding carboxylic acids is 1. The van der Waals surface area contributed by atoms with E-state index in [1.165, 1.54) is 24.3 Å². The standard InChI is InChI=1S/C23H14BrF5OS/c24-17-6-3-15(4-7-17)22(30)21(31-13-14-1-8-18(25)9-2-14)11-16-5-10-19(26)12-20(16)23(27,28)29/h1-12H,13H2/b21-11+. The summed E-state index contributed by atoms with van der Waals surface area (Å²) in [4.78, 5) is 13.1. The van der Waals surface area contributed by atoms with E-state index in [-0.39, 0.29) is 21.8 Å². The van der Waals surface area contributed by atoms with Crippen molar-refractivity contribution in [1.29, 1.82) is 0 Å². The highest BCUT2D eigenvalue weighted by Gasteiger charge is 2.33. The summed E-state index contributed by atoms with van der Waals surface area (Å²) in [6.07, 6.45) is -3.68. The molecule has 0 bridgehead atoms. The number of ketones is 1. The van der Waals surface area contributed by atoms with Crippen LogP contribution in [0, 0.1) is 11.6 Å². The van der Waals surface area contributed by atoms with Gasteiger partial charge in [-0.2, -0.15) is 13.2 Å². The van der Waals surface area contributed by atoms with E-state index in [0.29, 0.717) is 11.6 Å². The van der Waals surface area contributed by atoms with Crippen molar-refractivity contribution in [2.75, 3.05) is 0 Å². The maximum absolute atomic E-state index is 13.5. The molecule has 3 rings (SSSR count). The molecule has 0 fully saturated rings. The van der Waals surface area contributed by atoms with Crippen LogP contribution in [0.2, 0.25) is 0 Å². The van der Waals surface area contributed by atoms with Crippen molar-refractivity contribution in [3.63, 3.8) is 0 Å². The van der Waals surface area contributed by atoms with Gasteiger partial charge in [-0.15, -0.1) is 11.8 Å². The van der Waals surface area contributed by atoms with Crippen LogP contribution >= 0.6 is 27.7 Å². The van der Waals surface area contributed by atoms with Crippen LogP contribution in [-0.4, -0.2) is 5.78 Å². The number of allylic oxidation sites excluding steroid dienone is 1. The molecule has 0 aromatic heterocycles. The van der Waals surface area contributed by atoms with Gasteiger partial charge in [-0.05, 0) is 65.7 Å². The van der Waals surface area contributed by atoms with E-state index < -0.39 is 29.2 Å². The maximum Gasteiger partial charge on any atom is 0.417 e. The molecule has 0 heterocycles. The van der Waals surface area contributed by atoms with E-state index in [0.717, 1.165) is 34.4 Å². The molecule has 0 atom stereocenters. The van der Waals surface area contributed by atoms with Gasteiger partial charge in [0.1, 0.15) is 11.6 Å². The number of rotatable bonds is 6. The third-order valence-corrected chi connectivity index (χ3v) is 5.87. The number of hydrogen-bond donors (Lipinski definition) is 0. The zero-order valence-electron chi connectivity index (χ0n) is 15.7. The fourth-order valence-corrected chi connectivity index (χ4v) is 3.94. The van der Waals surface area contributed by atoms with Crippen LogP contribution in [0.25, 0.3) is 6.08 Å². The number of thioether (sulfide) groups is 1. The Morgan fingerprint density at radius 1 is 0.903 bits per heavy atom. The molecule has 0 N–H and O–H groups in total. The summed E-state index contributed by atoms with van der Waals surface area (Å²) >= 11 is 4.29. The van der Waals surface area contributed by atoms with Crippen LogP contribution in [0.3, 0.4) is 0 Å². The third-order valence-electron chi connectivity index (χ3n) is 4.25. The highest BCUT2D eigenvalue weighted by Crippen LogP contribution is 2.35. The fourth-order valence-electron chi connectivity index (χ4n) is 2.70. The molecule has 8 heteroatoms. The summed E-state index contributed by atoms with van der Waals surface area (Å²) in [6, 6.07) is 14.3. The molecular formula is C23H14BrF5OS. The maximum atomic E-state index is 13.5. The van der Waals surface area contributed by atoms with E-state index in [4.69, 9.17) is 0 Å². The predicted octanol–water partition coefficient (Wildman–Crippen LogP) is 7.90. The molecule has 0 aliphatic heterocycles. The molecular weight excluding hydrogens is 499 g/mol. The van der Waals surface area contributed by atoms with Gasteiger partial charge in [0.25, 0.3) is 0 Å². The van der Waals surface area contributed by atoms with E-state index in [9.17, 15) is 26.7 Å². The van der Waals surface area contributed by atoms with Gasteiger partial charge in [0.05, 0.1) is 10.5 Å². The summed E-state index contributed by atoms with van der Waals surface area (Å²) in [6.45, 7) is 0. The zero-order chi connectivity index (χ0) is 22.6. The minimum Gasteiger partial charge on any atom is -0.288 e. The Kier molecular flexibility index (Phi) is 7.33. The summed E-state index contributed by atoms with van der Waals surface area (Å²) < 4.78 is 67.5. The van der Waals surface area contributed by atoms with Crippen LogP contribution in [0.15, 0.2) is 76.1 Å². The first-order valence-electron chi connectivity index (χ1n) is 8.89. The first-order valence-corrected chi connectivity index (χ1v) is 10.7. The number of benzene rings is 3. The predicted molar refractivity (Wildman–Crippen MR) is 116 cm³/mol. The van der Waals surface area contributed by atoms with Crippen molar-refractivity contribution in [2.24, 2.45) is 0 Å². The van der Waals surface area contributed by atoms with Gasteiger partial charge in [-0.3, -0.25) is 4.79 Å². The minimum absolute atomic E-state index is 0.0451. The van der Waals surface area contributed by atoms with Crippen molar-refractivity contribution in [3.05, 3.63) is 110 Å². The zero-order valence-corrected chi connectivity index (χ0v) is 18.1. The van der Waals surface area contributed by atoms with Crippen molar-refractivity contribution in [1.82, 2.24) is 0 Å². The second-order valence-corrected chi connectivity index (χ2v) is 8.42. The first-order chi connectivity index (χ1) is 14.6. The second-order valence-electron chi connectivity index (χ2n) is 6.49. The van der Waals surface area contributed by atoms with E-state index >= 15 is 0 Å². The Hall–Kier alpha value is -2.45. The van der Waals surface area contributed by atoms with E-state index in [1.807, 2.05) is 0 Å². The molecule has 1 nitrogen and oxygen atoms in total. The molecule has 0 unspecified atom stereocenters. The van der Waals surface area contributed by atoms with Crippen molar-refractivity contribution in [2.45, 2.75) is 11.9 Å². The van der Waals surface area contributed by atoms with Gasteiger partial charge in [0.2, 0.25) is 0 Å². The highest BCUT2D eigenvalue weighted by atomic mass is 79.9. The Labute approximate surface area is 188 Å². The summed E-state index contributed by atoms with van der Waals surface area (Å²) in [5.41, 5.74) is -0.510. The largest absolute Gasteiger partial charge is 0.417 e. The summed E-state index contributed by atoms with van der Waals surface area (Å²) in [5, 5.41) is 0. The molecule has 0 aliphatic rings. The Balaban J connectivity index is 2.01. The lowest BCUT2D eigenvalue weighted by Gasteiger charge is -2.13. The molecule has 160 valence electrons. The average Bonchev–Trinajstić information content (AvgIpc) is 2.72. The monoisotopic (exact) mass is 512 g/mol. The molecule has 0 saturated carbocycles. The normalized spacial score (nSPS) is 12.1. The second kappa shape index (κ2) is 9.78. The number of halogens is 6. The smallest absolute Gasteiger partial charge is 0.288 e. The number of alkyl halides is 3. The highest BCUT2D eigenvalue weighted by molar-refractivity contribution is 9.10. The lowest BCUT2D eigenvalue weighted by atomic mass is 10.0. The number of Topliss-reactive ketones (excluding diaryl/α,β-unsaturated/α-hetero) is 1. The van der Waals surface area contributed by atoms with Crippen LogP contribution in [-0.2, 0) is 11.9 Å². The molecule has 3 aromatic carbocycles. The number of hydrogen-bond acceptors (Lipinski definition) is 2. The molecule has 0 radical (unpaired) electrons. The Morgan fingerprint density at radius 2 is 1.52 bits per heavy atom. The number of carbonyl (C=O) groups is 1. The topological polar surface area (TPSA) is 17.1 Å². The van der Waals surface area contributed by atoms with Crippen LogP contribution in [0.1, 0.15) is 27.0 Å². The lowest BCUT2D eigenvalue weighted by molar-refractivity contribution is -0.137. The summed E-state index contributed by atoms with van der Waals surface area (Å²) in [5.74, 6) is -1.69.